The lowest BCUT2D eigenvalue weighted by atomic mass is 10.0. The molecular formula is C19H21N5O4. The number of imidazole rings is 1. The summed E-state index contributed by atoms with van der Waals surface area (Å²) in [5, 5.41) is 10.6. The molecule has 1 unspecified atom stereocenters. The Morgan fingerprint density at radius 2 is 2.36 bits per heavy atom. The number of rotatable bonds is 4. The predicted molar refractivity (Wildman–Crippen MR) is 107 cm³/mol. The number of aromatic nitrogens is 3. The van der Waals surface area contributed by atoms with Gasteiger partial charge in [0.2, 0.25) is 0 Å². The fourth-order valence-electron chi connectivity index (χ4n) is 3.76. The molecule has 0 radical (unpaired) electrons. The number of nitrogens with zero attached hydrogens (tertiary/aromatic N) is 4. The van der Waals surface area contributed by atoms with Crippen molar-refractivity contribution < 1.29 is 14.6 Å². The van der Waals surface area contributed by atoms with Crippen LogP contribution in [-0.2, 0) is 7.05 Å². The molecule has 0 saturated carbocycles. The molecule has 9 nitrogen and oxygen atoms in total. The standard InChI is InChI=1S/C19H21N5O4/c1-21-6-10(5-20)15-14(27-3)4-12-16-17-13(7-22-12)23(2)19(26)24(17)11(8-25)9-28-18(15)16/h4-7,11,25H,8-9,20H2,1-3H3. The quantitative estimate of drug-likeness (QED) is 0.645. The smallest absolute Gasteiger partial charge is 0.329 e. The van der Waals surface area contributed by atoms with E-state index < -0.39 is 6.04 Å². The number of hydrogen-bond acceptors (Lipinski definition) is 7. The lowest BCUT2D eigenvalue weighted by Gasteiger charge is -2.18. The summed E-state index contributed by atoms with van der Waals surface area (Å²) in [6.45, 7) is -0.125. The van der Waals surface area contributed by atoms with E-state index in [1.165, 1.54) is 10.8 Å². The molecule has 0 aliphatic carbocycles. The molecule has 0 bridgehead atoms. The molecule has 2 aromatic heterocycles. The second kappa shape index (κ2) is 6.68. The van der Waals surface area contributed by atoms with E-state index in [4.69, 9.17) is 15.2 Å². The van der Waals surface area contributed by atoms with Gasteiger partial charge in [0.05, 0.1) is 53.5 Å². The molecular weight excluding hydrogens is 362 g/mol. The van der Waals surface area contributed by atoms with E-state index in [0.717, 1.165) is 0 Å². The molecule has 0 saturated heterocycles. The van der Waals surface area contributed by atoms with Gasteiger partial charge in [-0.05, 0) is 0 Å². The van der Waals surface area contributed by atoms with E-state index in [1.54, 1.807) is 44.3 Å². The summed E-state index contributed by atoms with van der Waals surface area (Å²) in [7, 11) is 4.88. The third-order valence-corrected chi connectivity index (χ3v) is 5.08. The highest BCUT2D eigenvalue weighted by Gasteiger charge is 2.30. The molecule has 0 spiro atoms. The van der Waals surface area contributed by atoms with E-state index >= 15 is 0 Å². The Morgan fingerprint density at radius 1 is 1.57 bits per heavy atom. The molecule has 1 aromatic carbocycles. The fourth-order valence-corrected chi connectivity index (χ4v) is 3.76. The van der Waals surface area contributed by atoms with Crippen molar-refractivity contribution in [2.45, 2.75) is 6.04 Å². The Labute approximate surface area is 160 Å². The van der Waals surface area contributed by atoms with Crippen molar-refractivity contribution in [3.8, 4) is 11.5 Å². The van der Waals surface area contributed by atoms with Crippen molar-refractivity contribution in [1.82, 2.24) is 14.1 Å². The number of nitrogens with two attached hydrogens (primary N) is 1. The Bertz CT molecular complexity index is 1200. The first kappa shape index (κ1) is 18.1. The number of benzene rings is 1. The number of pyridine rings is 1. The second-order valence-corrected chi connectivity index (χ2v) is 6.54. The van der Waals surface area contributed by atoms with Gasteiger partial charge in [-0.1, -0.05) is 0 Å². The minimum absolute atomic E-state index is 0.112. The van der Waals surface area contributed by atoms with E-state index in [0.29, 0.717) is 44.6 Å². The number of aliphatic hydroxyl groups excluding tert-OH is 1. The van der Waals surface area contributed by atoms with Crippen LogP contribution in [0.25, 0.3) is 27.5 Å². The minimum Gasteiger partial charge on any atom is -0.496 e. The summed E-state index contributed by atoms with van der Waals surface area (Å²) < 4.78 is 14.8. The van der Waals surface area contributed by atoms with Crippen molar-refractivity contribution in [3.63, 3.8) is 0 Å². The van der Waals surface area contributed by atoms with E-state index in [2.05, 4.69) is 9.98 Å². The summed E-state index contributed by atoms with van der Waals surface area (Å²) in [6.07, 6.45) is 4.69. The summed E-state index contributed by atoms with van der Waals surface area (Å²) in [5.41, 5.74) is 8.79. The maximum absolute atomic E-state index is 12.9. The van der Waals surface area contributed by atoms with Crippen LogP contribution in [0.5, 0.6) is 11.5 Å². The van der Waals surface area contributed by atoms with Crippen LogP contribution >= 0.6 is 0 Å². The van der Waals surface area contributed by atoms with Crippen molar-refractivity contribution in [2.75, 3.05) is 27.4 Å². The van der Waals surface area contributed by atoms with E-state index in [9.17, 15) is 9.90 Å². The number of aliphatic imine (C=N–C) groups is 1. The Morgan fingerprint density at radius 3 is 3.00 bits per heavy atom. The first-order valence-corrected chi connectivity index (χ1v) is 8.76. The molecule has 146 valence electrons. The normalized spacial score (nSPS) is 16.9. The molecule has 3 aromatic rings. The van der Waals surface area contributed by atoms with Gasteiger partial charge in [-0.15, -0.1) is 0 Å². The number of aryl methyl sites for hydroxylation is 1. The van der Waals surface area contributed by atoms with Gasteiger partial charge in [0, 0.05) is 38.1 Å². The fraction of sp³-hybridized carbons (Fsp3) is 0.316. The summed E-state index contributed by atoms with van der Waals surface area (Å²) in [5.74, 6) is 1.03. The van der Waals surface area contributed by atoms with Crippen LogP contribution in [0, 0.1) is 0 Å². The molecule has 1 atom stereocenters. The Hall–Kier alpha value is -3.33. The van der Waals surface area contributed by atoms with Crippen LogP contribution in [0.15, 0.2) is 28.3 Å². The van der Waals surface area contributed by atoms with Crippen molar-refractivity contribution in [3.05, 3.63) is 34.5 Å². The topological polar surface area (TPSA) is 117 Å². The van der Waals surface area contributed by atoms with Crippen LogP contribution in [-0.4, -0.2) is 52.8 Å². The van der Waals surface area contributed by atoms with Gasteiger partial charge in [0.1, 0.15) is 18.1 Å². The maximum Gasteiger partial charge on any atom is 0.329 e. The van der Waals surface area contributed by atoms with Crippen LogP contribution in [0.1, 0.15) is 11.6 Å². The molecule has 1 aliphatic rings. The first-order valence-electron chi connectivity index (χ1n) is 8.76. The number of ether oxygens (including phenoxy) is 2. The highest BCUT2D eigenvalue weighted by Crippen LogP contribution is 2.44. The SMILES string of the molecule is CN=CC(=CN)c1c(OC)cc2ncc3c4c2c1OCC(CO)n4c(=O)n3C. The summed E-state index contributed by atoms with van der Waals surface area (Å²) in [4.78, 5) is 21.4. The van der Waals surface area contributed by atoms with Gasteiger partial charge in [-0.3, -0.25) is 19.1 Å². The molecule has 0 fully saturated rings. The monoisotopic (exact) mass is 383 g/mol. The zero-order valence-electron chi connectivity index (χ0n) is 15.8. The average molecular weight is 383 g/mol. The third-order valence-electron chi connectivity index (χ3n) is 5.08. The van der Waals surface area contributed by atoms with Crippen LogP contribution in [0.2, 0.25) is 0 Å². The predicted octanol–water partition coefficient (Wildman–Crippen LogP) is 0.823. The lowest BCUT2D eigenvalue weighted by Crippen LogP contribution is -2.30. The second-order valence-electron chi connectivity index (χ2n) is 6.54. The van der Waals surface area contributed by atoms with Crippen LogP contribution in [0.4, 0.5) is 0 Å². The zero-order valence-corrected chi connectivity index (χ0v) is 15.8. The van der Waals surface area contributed by atoms with Gasteiger partial charge in [-0.2, -0.15) is 0 Å². The minimum atomic E-state index is -0.529. The molecule has 1 aliphatic heterocycles. The lowest BCUT2D eigenvalue weighted by molar-refractivity contribution is 0.169. The van der Waals surface area contributed by atoms with Gasteiger partial charge in [0.15, 0.2) is 0 Å². The highest BCUT2D eigenvalue weighted by molar-refractivity contribution is 6.17. The van der Waals surface area contributed by atoms with Crippen LogP contribution in [0.3, 0.4) is 0 Å². The zero-order chi connectivity index (χ0) is 20.0. The van der Waals surface area contributed by atoms with Crippen LogP contribution < -0.4 is 20.9 Å². The van der Waals surface area contributed by atoms with Crippen molar-refractivity contribution in [1.29, 1.82) is 0 Å². The Balaban J connectivity index is 2.25. The highest BCUT2D eigenvalue weighted by atomic mass is 16.5. The van der Waals surface area contributed by atoms with E-state index in [-0.39, 0.29) is 18.9 Å². The maximum atomic E-state index is 12.9. The molecule has 28 heavy (non-hydrogen) atoms. The third kappa shape index (κ3) is 2.32. The number of methoxy groups -OCH3 is 1. The number of aliphatic hydroxyl groups is 1. The molecule has 3 N–H and O–H groups in total. The Kier molecular flexibility index (Phi) is 4.31. The first-order chi connectivity index (χ1) is 13.6. The average Bonchev–Trinajstić information content (AvgIpc) is 2.87. The number of allylic oxidation sites excluding steroid dienone is 1. The van der Waals surface area contributed by atoms with Gasteiger partial charge in [-0.25, -0.2) is 4.79 Å². The van der Waals surface area contributed by atoms with E-state index in [1.807, 2.05) is 0 Å². The summed E-state index contributed by atoms with van der Waals surface area (Å²) in [6, 6.07) is 1.25. The largest absolute Gasteiger partial charge is 0.496 e. The van der Waals surface area contributed by atoms with Crippen molar-refractivity contribution in [2.24, 2.45) is 17.8 Å². The summed E-state index contributed by atoms with van der Waals surface area (Å²) >= 11 is 0. The van der Waals surface area contributed by atoms with Gasteiger partial charge in [0.25, 0.3) is 0 Å². The van der Waals surface area contributed by atoms with Gasteiger partial charge < -0.3 is 20.3 Å². The molecule has 0 amide bonds. The molecule has 4 rings (SSSR count). The number of hydrogen-bond donors (Lipinski definition) is 2. The molecule has 3 heterocycles. The van der Waals surface area contributed by atoms with Gasteiger partial charge >= 0.3 is 5.69 Å². The van der Waals surface area contributed by atoms with Crippen molar-refractivity contribution >= 4 is 33.7 Å². The molecule has 9 heteroatoms.